The molecule has 0 aromatic rings. The van der Waals surface area contributed by atoms with Gasteiger partial charge in [-0.1, -0.05) is 40.5 Å². The van der Waals surface area contributed by atoms with Crippen LogP contribution in [0.5, 0.6) is 0 Å². The molecule has 0 saturated carbocycles. The lowest BCUT2D eigenvalue weighted by molar-refractivity contribution is 0.145. The number of rotatable bonds is 15. The van der Waals surface area contributed by atoms with Crippen molar-refractivity contribution in [2.75, 3.05) is 26.2 Å². The highest BCUT2D eigenvalue weighted by Crippen LogP contribution is 2.04. The van der Waals surface area contributed by atoms with Crippen LogP contribution in [0.15, 0.2) is 0 Å². The maximum Gasteiger partial charge on any atom is 0.0667 e. The zero-order valence-corrected chi connectivity index (χ0v) is 15.3. The Morgan fingerprint density at radius 3 is 1.32 bits per heavy atom. The molecule has 0 aliphatic rings. The summed E-state index contributed by atoms with van der Waals surface area (Å²) in [4.78, 5) is 0. The van der Waals surface area contributed by atoms with Crippen LogP contribution in [0, 0.1) is 11.8 Å². The topological polar surface area (TPSA) is 64.5 Å². The molecule has 0 radical (unpaired) electrons. The Hall–Kier alpha value is -0.160. The van der Waals surface area contributed by atoms with E-state index in [1.165, 1.54) is 25.7 Å². The Labute approximate surface area is 138 Å². The summed E-state index contributed by atoms with van der Waals surface area (Å²) in [6.07, 6.45) is 6.13. The van der Waals surface area contributed by atoms with Crippen molar-refractivity contribution in [1.29, 1.82) is 0 Å². The SMILES string of the molecule is CC(C)CC(O)CNCCCCCCNCC(O)CC(C)C. The van der Waals surface area contributed by atoms with Gasteiger partial charge >= 0.3 is 0 Å². The van der Waals surface area contributed by atoms with Gasteiger partial charge in [-0.3, -0.25) is 0 Å². The summed E-state index contributed by atoms with van der Waals surface area (Å²) < 4.78 is 0. The third kappa shape index (κ3) is 16.2. The Kier molecular flexibility index (Phi) is 14.3. The van der Waals surface area contributed by atoms with Crippen LogP contribution < -0.4 is 10.6 Å². The van der Waals surface area contributed by atoms with Gasteiger partial charge in [-0.2, -0.15) is 0 Å². The van der Waals surface area contributed by atoms with Crippen LogP contribution in [0.25, 0.3) is 0 Å². The summed E-state index contributed by atoms with van der Waals surface area (Å²) in [5.74, 6) is 1.12. The van der Waals surface area contributed by atoms with Gasteiger partial charge in [-0.05, 0) is 50.6 Å². The zero-order chi connectivity index (χ0) is 16.8. The van der Waals surface area contributed by atoms with Crippen molar-refractivity contribution in [2.24, 2.45) is 11.8 Å². The molecule has 0 saturated heterocycles. The first kappa shape index (κ1) is 21.8. The van der Waals surface area contributed by atoms with Crippen LogP contribution in [0.3, 0.4) is 0 Å². The second-order valence-electron chi connectivity index (χ2n) is 7.39. The van der Waals surface area contributed by atoms with E-state index in [0.717, 1.165) is 25.9 Å². The van der Waals surface area contributed by atoms with Crippen molar-refractivity contribution in [3.05, 3.63) is 0 Å². The van der Waals surface area contributed by atoms with Gasteiger partial charge < -0.3 is 20.8 Å². The van der Waals surface area contributed by atoms with Crippen molar-refractivity contribution < 1.29 is 10.2 Å². The summed E-state index contributed by atoms with van der Waals surface area (Å²) >= 11 is 0. The summed E-state index contributed by atoms with van der Waals surface area (Å²) in [6, 6.07) is 0. The first-order chi connectivity index (χ1) is 10.4. The molecular weight excluding hydrogens is 276 g/mol. The van der Waals surface area contributed by atoms with Crippen molar-refractivity contribution in [3.8, 4) is 0 Å². The summed E-state index contributed by atoms with van der Waals surface area (Å²) in [5, 5.41) is 26.1. The van der Waals surface area contributed by atoms with Crippen molar-refractivity contribution in [2.45, 2.75) is 78.4 Å². The predicted molar refractivity (Wildman–Crippen MR) is 95.1 cm³/mol. The fourth-order valence-corrected chi connectivity index (χ4v) is 2.65. The summed E-state index contributed by atoms with van der Waals surface area (Å²) in [6.45, 7) is 12.0. The predicted octanol–water partition coefficient (Wildman–Crippen LogP) is 2.54. The van der Waals surface area contributed by atoms with Gasteiger partial charge in [0.25, 0.3) is 0 Å². The average molecular weight is 317 g/mol. The van der Waals surface area contributed by atoms with Crippen LogP contribution in [0.1, 0.15) is 66.2 Å². The second-order valence-corrected chi connectivity index (χ2v) is 7.39. The van der Waals surface area contributed by atoms with Crippen LogP contribution in [0.2, 0.25) is 0 Å². The maximum absolute atomic E-state index is 9.73. The maximum atomic E-state index is 9.73. The van der Waals surface area contributed by atoms with Crippen LogP contribution in [-0.4, -0.2) is 48.6 Å². The molecule has 0 amide bonds. The molecule has 2 atom stereocenters. The van der Waals surface area contributed by atoms with Crippen LogP contribution in [-0.2, 0) is 0 Å². The highest BCUT2D eigenvalue weighted by Gasteiger charge is 2.06. The molecule has 2 unspecified atom stereocenters. The molecule has 0 fully saturated rings. The number of aliphatic hydroxyl groups excluding tert-OH is 2. The molecule has 0 aliphatic heterocycles. The minimum atomic E-state index is -0.207. The van der Waals surface area contributed by atoms with E-state index in [1.54, 1.807) is 0 Å². The quantitative estimate of drug-likeness (QED) is 0.351. The molecule has 0 aliphatic carbocycles. The second kappa shape index (κ2) is 14.4. The minimum absolute atomic E-state index is 0.207. The lowest BCUT2D eigenvalue weighted by atomic mass is 10.1. The Balaban J connectivity index is 3.21. The minimum Gasteiger partial charge on any atom is -0.392 e. The molecule has 0 bridgehead atoms. The van der Waals surface area contributed by atoms with Crippen LogP contribution in [0.4, 0.5) is 0 Å². The van der Waals surface area contributed by atoms with E-state index in [-0.39, 0.29) is 12.2 Å². The lowest BCUT2D eigenvalue weighted by Gasteiger charge is -2.14. The molecule has 4 heteroatoms. The van der Waals surface area contributed by atoms with Crippen molar-refractivity contribution in [3.63, 3.8) is 0 Å². The first-order valence-corrected chi connectivity index (χ1v) is 9.19. The molecule has 0 aromatic heterocycles. The molecule has 4 nitrogen and oxygen atoms in total. The molecule has 4 N–H and O–H groups in total. The molecule has 0 heterocycles. The number of nitrogens with one attached hydrogen (secondary N) is 2. The van der Waals surface area contributed by atoms with Gasteiger partial charge in [0, 0.05) is 13.1 Å². The van der Waals surface area contributed by atoms with E-state index in [0.29, 0.717) is 24.9 Å². The van der Waals surface area contributed by atoms with Crippen molar-refractivity contribution >= 4 is 0 Å². The van der Waals surface area contributed by atoms with Gasteiger partial charge in [-0.15, -0.1) is 0 Å². The first-order valence-electron chi connectivity index (χ1n) is 9.19. The van der Waals surface area contributed by atoms with E-state index >= 15 is 0 Å². The van der Waals surface area contributed by atoms with Gasteiger partial charge in [-0.25, -0.2) is 0 Å². The standard InChI is InChI=1S/C18H40N2O2/c1-15(2)11-17(21)13-19-9-7-5-6-8-10-20-14-18(22)12-16(3)4/h15-22H,5-14H2,1-4H3. The van der Waals surface area contributed by atoms with Gasteiger partial charge in [0.2, 0.25) is 0 Å². The highest BCUT2D eigenvalue weighted by molar-refractivity contribution is 4.63. The molecule has 0 spiro atoms. The number of aliphatic hydroxyl groups is 2. The number of unbranched alkanes of at least 4 members (excludes halogenated alkanes) is 3. The fourth-order valence-electron chi connectivity index (χ4n) is 2.65. The largest absolute Gasteiger partial charge is 0.392 e. The van der Waals surface area contributed by atoms with Crippen LogP contribution >= 0.6 is 0 Å². The van der Waals surface area contributed by atoms with E-state index in [4.69, 9.17) is 0 Å². The molecule has 0 rings (SSSR count). The normalized spacial score (nSPS) is 14.7. The highest BCUT2D eigenvalue weighted by atomic mass is 16.3. The molecule has 0 aromatic carbocycles. The smallest absolute Gasteiger partial charge is 0.0667 e. The molecular formula is C18H40N2O2. The van der Waals surface area contributed by atoms with E-state index in [2.05, 4.69) is 38.3 Å². The summed E-state index contributed by atoms with van der Waals surface area (Å²) in [5.41, 5.74) is 0. The molecule has 22 heavy (non-hydrogen) atoms. The van der Waals surface area contributed by atoms with E-state index < -0.39 is 0 Å². The number of hydrogen-bond acceptors (Lipinski definition) is 4. The average Bonchev–Trinajstić information content (AvgIpc) is 2.39. The zero-order valence-electron chi connectivity index (χ0n) is 15.3. The van der Waals surface area contributed by atoms with E-state index in [1.807, 2.05) is 0 Å². The fraction of sp³-hybridized carbons (Fsp3) is 1.00. The van der Waals surface area contributed by atoms with Gasteiger partial charge in [0.1, 0.15) is 0 Å². The molecule has 134 valence electrons. The monoisotopic (exact) mass is 316 g/mol. The Bertz CT molecular complexity index is 211. The lowest BCUT2D eigenvalue weighted by Crippen LogP contribution is -2.29. The Morgan fingerprint density at radius 2 is 1.00 bits per heavy atom. The third-order valence-corrected chi connectivity index (χ3v) is 3.70. The number of hydrogen-bond donors (Lipinski definition) is 4. The van der Waals surface area contributed by atoms with Crippen molar-refractivity contribution in [1.82, 2.24) is 10.6 Å². The van der Waals surface area contributed by atoms with E-state index in [9.17, 15) is 10.2 Å². The summed E-state index contributed by atoms with van der Waals surface area (Å²) in [7, 11) is 0. The van der Waals surface area contributed by atoms with Gasteiger partial charge in [0.15, 0.2) is 0 Å². The Morgan fingerprint density at radius 1 is 0.636 bits per heavy atom. The third-order valence-electron chi connectivity index (χ3n) is 3.70. The van der Waals surface area contributed by atoms with Gasteiger partial charge in [0.05, 0.1) is 12.2 Å².